The molecule has 1 saturated heterocycles. The van der Waals surface area contributed by atoms with Gasteiger partial charge in [0.2, 0.25) is 0 Å². The highest BCUT2D eigenvalue weighted by atomic mass is 35.5. The Morgan fingerprint density at radius 1 is 1.50 bits per heavy atom. The SMILES string of the molecule is CN1CCCCC1COc1cc(Cl)c(F)cc1N. The fraction of sp³-hybridized carbons (Fsp3) is 0.538. The first kappa shape index (κ1) is 13.4. The van der Waals surface area contributed by atoms with Gasteiger partial charge < -0.3 is 15.4 Å². The van der Waals surface area contributed by atoms with Crippen LogP contribution in [0.1, 0.15) is 19.3 Å². The minimum absolute atomic E-state index is 0.0381. The zero-order chi connectivity index (χ0) is 13.1. The number of likely N-dealkylation sites (N-methyl/N-ethyl adjacent to an activating group) is 1. The van der Waals surface area contributed by atoms with E-state index < -0.39 is 5.82 Å². The number of hydrogen-bond donors (Lipinski definition) is 1. The second-order valence-electron chi connectivity index (χ2n) is 4.75. The monoisotopic (exact) mass is 272 g/mol. The third kappa shape index (κ3) is 3.06. The van der Waals surface area contributed by atoms with Crippen molar-refractivity contribution in [1.29, 1.82) is 0 Å². The molecule has 5 heteroatoms. The van der Waals surface area contributed by atoms with Gasteiger partial charge in [-0.05, 0) is 26.4 Å². The summed E-state index contributed by atoms with van der Waals surface area (Å²) in [6.45, 7) is 1.65. The molecule has 1 unspecified atom stereocenters. The van der Waals surface area contributed by atoms with Crippen LogP contribution in [-0.2, 0) is 0 Å². The van der Waals surface area contributed by atoms with Crippen LogP contribution >= 0.6 is 11.6 Å². The Morgan fingerprint density at radius 2 is 2.28 bits per heavy atom. The molecular weight excluding hydrogens is 255 g/mol. The third-order valence-electron chi connectivity index (χ3n) is 3.41. The zero-order valence-electron chi connectivity index (χ0n) is 10.5. The van der Waals surface area contributed by atoms with Crippen molar-refractivity contribution >= 4 is 17.3 Å². The van der Waals surface area contributed by atoms with Crippen LogP contribution in [-0.4, -0.2) is 31.1 Å². The van der Waals surface area contributed by atoms with Crippen molar-refractivity contribution in [3.63, 3.8) is 0 Å². The maximum absolute atomic E-state index is 13.1. The van der Waals surface area contributed by atoms with Crippen LogP contribution in [0, 0.1) is 5.82 Å². The van der Waals surface area contributed by atoms with Gasteiger partial charge in [-0.1, -0.05) is 18.0 Å². The van der Waals surface area contributed by atoms with Crippen molar-refractivity contribution in [2.24, 2.45) is 0 Å². The first-order chi connectivity index (χ1) is 8.58. The Balaban J connectivity index is 1.99. The molecule has 1 heterocycles. The van der Waals surface area contributed by atoms with Gasteiger partial charge in [0.05, 0.1) is 10.7 Å². The number of rotatable bonds is 3. The van der Waals surface area contributed by atoms with Crippen molar-refractivity contribution in [3.05, 3.63) is 23.0 Å². The van der Waals surface area contributed by atoms with E-state index in [0.29, 0.717) is 18.4 Å². The summed E-state index contributed by atoms with van der Waals surface area (Å²) in [7, 11) is 2.09. The molecule has 1 aromatic rings. The van der Waals surface area contributed by atoms with Gasteiger partial charge in [0, 0.05) is 18.2 Å². The normalized spacial score (nSPS) is 20.9. The van der Waals surface area contributed by atoms with Crippen molar-refractivity contribution in [3.8, 4) is 5.75 Å². The molecule has 3 nitrogen and oxygen atoms in total. The molecule has 1 aliphatic rings. The minimum Gasteiger partial charge on any atom is -0.490 e. The summed E-state index contributed by atoms with van der Waals surface area (Å²) < 4.78 is 18.8. The molecular formula is C13H18ClFN2O. The fourth-order valence-electron chi connectivity index (χ4n) is 2.21. The Morgan fingerprint density at radius 3 is 3.00 bits per heavy atom. The van der Waals surface area contributed by atoms with Crippen LogP contribution in [0.3, 0.4) is 0 Å². The lowest BCUT2D eigenvalue weighted by Crippen LogP contribution is -2.40. The van der Waals surface area contributed by atoms with E-state index in [1.165, 1.54) is 25.0 Å². The molecule has 1 atom stereocenters. The Labute approximate surface area is 112 Å². The molecule has 18 heavy (non-hydrogen) atoms. The predicted molar refractivity (Wildman–Crippen MR) is 71.6 cm³/mol. The summed E-state index contributed by atoms with van der Waals surface area (Å²) in [4.78, 5) is 2.28. The summed E-state index contributed by atoms with van der Waals surface area (Å²) in [6.07, 6.45) is 3.57. The molecule has 0 radical (unpaired) electrons. The zero-order valence-corrected chi connectivity index (χ0v) is 11.2. The van der Waals surface area contributed by atoms with Crippen molar-refractivity contribution in [2.75, 3.05) is 25.9 Å². The number of nitrogen functional groups attached to an aromatic ring is 1. The van der Waals surface area contributed by atoms with Crippen molar-refractivity contribution in [1.82, 2.24) is 4.90 Å². The van der Waals surface area contributed by atoms with Gasteiger partial charge in [0.15, 0.2) is 0 Å². The van der Waals surface area contributed by atoms with Crippen LogP contribution in [0.2, 0.25) is 5.02 Å². The van der Waals surface area contributed by atoms with Gasteiger partial charge in [-0.2, -0.15) is 0 Å². The molecule has 1 aliphatic heterocycles. The molecule has 0 saturated carbocycles. The Hall–Kier alpha value is -1.00. The van der Waals surface area contributed by atoms with E-state index >= 15 is 0 Å². The number of nitrogens with zero attached hydrogens (tertiary/aromatic N) is 1. The van der Waals surface area contributed by atoms with E-state index in [0.717, 1.165) is 13.0 Å². The second-order valence-corrected chi connectivity index (χ2v) is 5.15. The first-order valence-electron chi connectivity index (χ1n) is 6.15. The quantitative estimate of drug-likeness (QED) is 0.860. The van der Waals surface area contributed by atoms with E-state index in [-0.39, 0.29) is 10.7 Å². The number of likely N-dealkylation sites (tertiary alicyclic amines) is 1. The van der Waals surface area contributed by atoms with E-state index in [1.807, 2.05) is 0 Å². The molecule has 2 N–H and O–H groups in total. The van der Waals surface area contributed by atoms with Crippen molar-refractivity contribution in [2.45, 2.75) is 25.3 Å². The van der Waals surface area contributed by atoms with Gasteiger partial charge in [-0.25, -0.2) is 4.39 Å². The molecule has 1 aromatic carbocycles. The highest BCUT2D eigenvalue weighted by Crippen LogP contribution is 2.29. The third-order valence-corrected chi connectivity index (χ3v) is 3.70. The molecule has 100 valence electrons. The number of halogens is 2. The lowest BCUT2D eigenvalue weighted by atomic mass is 10.0. The van der Waals surface area contributed by atoms with E-state index in [9.17, 15) is 4.39 Å². The average Bonchev–Trinajstić information content (AvgIpc) is 2.34. The Bertz CT molecular complexity index is 428. The summed E-state index contributed by atoms with van der Waals surface area (Å²) in [5.74, 6) is -0.0586. The number of nitrogens with two attached hydrogens (primary N) is 1. The lowest BCUT2D eigenvalue weighted by molar-refractivity contribution is 0.125. The molecule has 0 aromatic heterocycles. The highest BCUT2D eigenvalue weighted by molar-refractivity contribution is 6.31. The van der Waals surface area contributed by atoms with Gasteiger partial charge in [-0.3, -0.25) is 0 Å². The summed E-state index contributed by atoms with van der Waals surface area (Å²) in [5.41, 5.74) is 5.99. The highest BCUT2D eigenvalue weighted by Gasteiger charge is 2.20. The van der Waals surface area contributed by atoms with Crippen molar-refractivity contribution < 1.29 is 9.13 Å². The van der Waals surface area contributed by atoms with Crippen LogP contribution in [0.15, 0.2) is 12.1 Å². The predicted octanol–water partition coefficient (Wildman–Crippen LogP) is 2.92. The second kappa shape index (κ2) is 5.76. The number of benzene rings is 1. The maximum Gasteiger partial charge on any atom is 0.144 e. The summed E-state index contributed by atoms with van der Waals surface area (Å²) in [5, 5.41) is 0.0381. The maximum atomic E-state index is 13.1. The average molecular weight is 273 g/mol. The number of piperidine rings is 1. The number of hydrogen-bond acceptors (Lipinski definition) is 3. The van der Waals surface area contributed by atoms with Crippen LogP contribution < -0.4 is 10.5 Å². The fourth-order valence-corrected chi connectivity index (χ4v) is 2.36. The smallest absolute Gasteiger partial charge is 0.144 e. The van der Waals surface area contributed by atoms with Crippen LogP contribution in [0.5, 0.6) is 5.75 Å². The number of ether oxygens (including phenoxy) is 1. The van der Waals surface area contributed by atoms with Crippen LogP contribution in [0.4, 0.5) is 10.1 Å². The van der Waals surface area contributed by atoms with E-state index in [4.69, 9.17) is 22.1 Å². The topological polar surface area (TPSA) is 38.5 Å². The van der Waals surface area contributed by atoms with Gasteiger partial charge >= 0.3 is 0 Å². The summed E-state index contributed by atoms with van der Waals surface area (Å²) >= 11 is 5.72. The van der Waals surface area contributed by atoms with Crippen LogP contribution in [0.25, 0.3) is 0 Å². The first-order valence-corrected chi connectivity index (χ1v) is 6.53. The summed E-state index contributed by atoms with van der Waals surface area (Å²) in [6, 6.07) is 3.03. The van der Waals surface area contributed by atoms with E-state index in [2.05, 4.69) is 11.9 Å². The molecule has 0 spiro atoms. The molecule has 2 rings (SSSR count). The molecule has 1 fully saturated rings. The standard InChI is InChI=1S/C13H18ClFN2O/c1-17-5-3-2-4-9(17)8-18-13-6-10(14)11(15)7-12(13)16/h6-7,9H,2-5,8,16H2,1H3. The Kier molecular flexibility index (Phi) is 4.30. The molecule has 0 aliphatic carbocycles. The lowest BCUT2D eigenvalue weighted by Gasteiger charge is -2.32. The van der Waals surface area contributed by atoms with Gasteiger partial charge in [0.25, 0.3) is 0 Å². The number of anilines is 1. The molecule has 0 amide bonds. The largest absolute Gasteiger partial charge is 0.490 e. The molecule has 0 bridgehead atoms. The minimum atomic E-state index is -0.517. The van der Waals surface area contributed by atoms with Gasteiger partial charge in [-0.15, -0.1) is 0 Å². The van der Waals surface area contributed by atoms with E-state index in [1.54, 1.807) is 0 Å². The van der Waals surface area contributed by atoms with Gasteiger partial charge in [0.1, 0.15) is 18.2 Å².